The fourth-order valence-electron chi connectivity index (χ4n) is 5.26. The zero-order valence-corrected chi connectivity index (χ0v) is 23.4. The maximum absolute atomic E-state index is 13.2. The van der Waals surface area contributed by atoms with Crippen LogP contribution in [0.1, 0.15) is 56.1 Å². The molecule has 1 saturated carbocycles. The average molecular weight is 531 g/mol. The first-order valence-electron chi connectivity index (χ1n) is 14.1. The molecular weight excluding hydrogens is 488 g/mol. The van der Waals surface area contributed by atoms with Gasteiger partial charge in [-0.05, 0) is 80.6 Å². The van der Waals surface area contributed by atoms with E-state index in [1.54, 1.807) is 26.7 Å². The number of hydrogen-bond donors (Lipinski definition) is 1. The van der Waals surface area contributed by atoms with E-state index < -0.39 is 0 Å². The van der Waals surface area contributed by atoms with Gasteiger partial charge in [0.05, 0.1) is 20.5 Å². The number of ether oxygens (including phenoxy) is 2. The van der Waals surface area contributed by atoms with Crippen LogP contribution >= 0.6 is 0 Å². The van der Waals surface area contributed by atoms with Crippen molar-refractivity contribution in [3.63, 3.8) is 0 Å². The number of aromatic nitrogens is 2. The Bertz CT molecular complexity index is 1170. The number of carbonyl (C=O) groups is 1. The maximum atomic E-state index is 13.2. The average Bonchev–Trinajstić information content (AvgIpc) is 3.70. The van der Waals surface area contributed by atoms with E-state index in [4.69, 9.17) is 9.47 Å². The predicted molar refractivity (Wildman–Crippen MR) is 157 cm³/mol. The van der Waals surface area contributed by atoms with E-state index in [2.05, 4.69) is 51.6 Å². The minimum Gasteiger partial charge on any atom is -0.493 e. The molecule has 2 aromatic carbocycles. The number of nitrogens with zero attached hydrogens (tertiary/aromatic N) is 3. The zero-order valence-electron chi connectivity index (χ0n) is 23.4. The molecule has 1 heterocycles. The quantitative estimate of drug-likeness (QED) is 0.256. The van der Waals surface area contributed by atoms with E-state index >= 15 is 0 Å². The van der Waals surface area contributed by atoms with Crippen molar-refractivity contribution in [1.82, 2.24) is 19.8 Å². The minimum absolute atomic E-state index is 0.238. The molecule has 0 saturated heterocycles. The molecule has 0 atom stereocenters. The number of imidazole rings is 1. The highest BCUT2D eigenvalue weighted by atomic mass is 16.5. The van der Waals surface area contributed by atoms with Crippen LogP contribution in [-0.4, -0.2) is 60.3 Å². The summed E-state index contributed by atoms with van der Waals surface area (Å²) < 4.78 is 12.7. The molecule has 1 aliphatic rings. The first kappa shape index (κ1) is 28.4. The molecule has 0 spiro atoms. The predicted octanol–water partition coefficient (Wildman–Crippen LogP) is 5.68. The van der Waals surface area contributed by atoms with Crippen LogP contribution < -0.4 is 14.8 Å². The summed E-state index contributed by atoms with van der Waals surface area (Å²) in [6.45, 7) is 2.69. The normalized spacial score (nSPS) is 13.7. The summed E-state index contributed by atoms with van der Waals surface area (Å²) in [5.74, 6) is 1.77. The number of benzene rings is 2. The molecular formula is C32H42N4O3. The summed E-state index contributed by atoms with van der Waals surface area (Å²) in [4.78, 5) is 19.4. The van der Waals surface area contributed by atoms with Crippen LogP contribution in [-0.2, 0) is 11.2 Å². The Morgan fingerprint density at radius 2 is 1.82 bits per heavy atom. The number of aryl methyl sites for hydroxylation is 1. The lowest BCUT2D eigenvalue weighted by molar-refractivity contribution is -0.132. The van der Waals surface area contributed by atoms with Gasteiger partial charge in [-0.1, -0.05) is 43.2 Å². The van der Waals surface area contributed by atoms with E-state index in [0.29, 0.717) is 12.5 Å². The van der Waals surface area contributed by atoms with Crippen molar-refractivity contribution in [2.75, 3.05) is 33.9 Å². The maximum Gasteiger partial charge on any atom is 0.226 e. The topological polar surface area (TPSA) is 68.6 Å². The number of nitrogens with one attached hydrogen (secondary N) is 1. The van der Waals surface area contributed by atoms with E-state index in [1.165, 1.54) is 18.4 Å². The van der Waals surface area contributed by atoms with Crippen molar-refractivity contribution >= 4 is 12.0 Å². The second-order valence-corrected chi connectivity index (χ2v) is 10.1. The monoisotopic (exact) mass is 530 g/mol. The summed E-state index contributed by atoms with van der Waals surface area (Å²) in [5, 5.41) is 3.56. The van der Waals surface area contributed by atoms with Crippen molar-refractivity contribution in [3.8, 4) is 17.2 Å². The van der Waals surface area contributed by atoms with Gasteiger partial charge in [-0.25, -0.2) is 4.98 Å². The van der Waals surface area contributed by atoms with Gasteiger partial charge in [0.25, 0.3) is 0 Å². The fraction of sp³-hybridized carbons (Fsp3) is 0.438. The van der Waals surface area contributed by atoms with Gasteiger partial charge in [0.1, 0.15) is 0 Å². The van der Waals surface area contributed by atoms with Gasteiger partial charge in [-0.2, -0.15) is 0 Å². The molecule has 1 amide bonds. The molecule has 0 radical (unpaired) electrons. The second kappa shape index (κ2) is 15.1. The molecule has 1 aliphatic carbocycles. The number of rotatable bonds is 15. The first-order chi connectivity index (χ1) is 19.2. The van der Waals surface area contributed by atoms with Crippen molar-refractivity contribution in [2.45, 2.75) is 57.4 Å². The van der Waals surface area contributed by atoms with Gasteiger partial charge >= 0.3 is 0 Å². The van der Waals surface area contributed by atoms with Crippen molar-refractivity contribution in [2.24, 2.45) is 0 Å². The van der Waals surface area contributed by atoms with Crippen LogP contribution in [0, 0.1) is 0 Å². The van der Waals surface area contributed by atoms with Crippen molar-refractivity contribution < 1.29 is 14.3 Å². The standard InChI is InChI=1S/C32H42N4O3/c1-38-30-18-15-27(24-31(30)39-2)9-6-19-33-20-7-22-36(29-10-3-4-11-29)32(37)12-5-8-26-13-16-28(17-14-26)35-23-21-34-25-35/h5,8,13-18,21,23-25,29,33H,3-4,6-7,9-12,19-20,22H2,1-2H3/b8-5+. The zero-order chi connectivity index (χ0) is 27.3. The van der Waals surface area contributed by atoms with E-state index in [-0.39, 0.29) is 5.91 Å². The third-order valence-electron chi connectivity index (χ3n) is 7.40. The Balaban J connectivity index is 1.18. The summed E-state index contributed by atoms with van der Waals surface area (Å²) in [5.41, 5.74) is 3.41. The Labute approximate surface area is 232 Å². The lowest BCUT2D eigenvalue weighted by Crippen LogP contribution is -2.40. The number of hydrogen-bond acceptors (Lipinski definition) is 5. The number of methoxy groups -OCH3 is 2. The molecule has 7 nitrogen and oxygen atoms in total. The summed E-state index contributed by atoms with van der Waals surface area (Å²) in [7, 11) is 3.32. The molecule has 0 unspecified atom stereocenters. The Kier molecular flexibility index (Phi) is 11.0. The third kappa shape index (κ3) is 8.45. The van der Waals surface area contributed by atoms with Crippen LogP contribution in [0.5, 0.6) is 11.5 Å². The van der Waals surface area contributed by atoms with Crippen molar-refractivity contribution in [1.29, 1.82) is 0 Å². The lowest BCUT2D eigenvalue weighted by atomic mass is 10.1. The molecule has 0 aliphatic heterocycles. The van der Waals surface area contributed by atoms with Gasteiger partial charge in [0.2, 0.25) is 5.91 Å². The molecule has 4 rings (SSSR count). The van der Waals surface area contributed by atoms with Gasteiger partial charge in [0, 0.05) is 37.1 Å². The molecule has 1 aromatic heterocycles. The third-order valence-corrected chi connectivity index (χ3v) is 7.40. The van der Waals surface area contributed by atoms with Crippen LogP contribution in [0.25, 0.3) is 11.8 Å². The highest BCUT2D eigenvalue weighted by molar-refractivity contribution is 5.79. The first-order valence-corrected chi connectivity index (χ1v) is 14.1. The molecule has 1 fully saturated rings. The summed E-state index contributed by atoms with van der Waals surface area (Å²) >= 11 is 0. The Morgan fingerprint density at radius 3 is 2.54 bits per heavy atom. The lowest BCUT2D eigenvalue weighted by Gasteiger charge is -2.29. The number of amides is 1. The van der Waals surface area contributed by atoms with Crippen LogP contribution in [0.4, 0.5) is 0 Å². The molecule has 1 N–H and O–H groups in total. The molecule has 3 aromatic rings. The van der Waals surface area contributed by atoms with E-state index in [1.807, 2.05) is 29.0 Å². The highest BCUT2D eigenvalue weighted by Gasteiger charge is 2.25. The number of carbonyl (C=O) groups excluding carboxylic acids is 1. The van der Waals surface area contributed by atoms with Gasteiger partial charge in [0.15, 0.2) is 11.5 Å². The fourth-order valence-corrected chi connectivity index (χ4v) is 5.26. The second-order valence-electron chi connectivity index (χ2n) is 10.1. The summed E-state index contributed by atoms with van der Waals surface area (Å²) in [6, 6.07) is 14.8. The Hall–Kier alpha value is -3.58. The Morgan fingerprint density at radius 1 is 1.05 bits per heavy atom. The minimum atomic E-state index is 0.238. The smallest absolute Gasteiger partial charge is 0.226 e. The molecule has 0 bridgehead atoms. The van der Waals surface area contributed by atoms with Gasteiger partial charge < -0.3 is 24.3 Å². The molecule has 39 heavy (non-hydrogen) atoms. The van der Waals surface area contributed by atoms with Crippen LogP contribution in [0.15, 0.2) is 67.3 Å². The van der Waals surface area contributed by atoms with Crippen LogP contribution in [0.3, 0.4) is 0 Å². The van der Waals surface area contributed by atoms with Crippen LogP contribution in [0.2, 0.25) is 0 Å². The molecule has 208 valence electrons. The summed E-state index contributed by atoms with van der Waals surface area (Å²) in [6.07, 6.45) is 17.7. The largest absolute Gasteiger partial charge is 0.493 e. The highest BCUT2D eigenvalue weighted by Crippen LogP contribution is 2.28. The van der Waals surface area contributed by atoms with Crippen molar-refractivity contribution in [3.05, 3.63) is 78.4 Å². The SMILES string of the molecule is COc1ccc(CCCNCCCN(C(=O)C/C=C/c2ccc(-n3ccnc3)cc2)C2CCCC2)cc1OC. The van der Waals surface area contributed by atoms with Gasteiger partial charge in [-0.3, -0.25) is 4.79 Å². The van der Waals surface area contributed by atoms with E-state index in [9.17, 15) is 4.79 Å². The van der Waals surface area contributed by atoms with Gasteiger partial charge in [-0.15, -0.1) is 0 Å². The molecule has 7 heteroatoms. The van der Waals surface area contributed by atoms with E-state index in [0.717, 1.165) is 74.5 Å².